The minimum atomic E-state index is -0.126. The van der Waals surface area contributed by atoms with Gasteiger partial charge in [-0.25, -0.2) is 0 Å². The summed E-state index contributed by atoms with van der Waals surface area (Å²) in [6.07, 6.45) is 12.4. The van der Waals surface area contributed by atoms with Gasteiger partial charge in [-0.3, -0.25) is 14.5 Å². The maximum atomic E-state index is 12.8. The van der Waals surface area contributed by atoms with Gasteiger partial charge in [0, 0.05) is 55.7 Å². The lowest BCUT2D eigenvalue weighted by Crippen LogP contribution is -2.55. The fourth-order valence-electron chi connectivity index (χ4n) is 5.18. The normalized spacial score (nSPS) is 22.1. The third-order valence-corrected chi connectivity index (χ3v) is 7.35. The summed E-state index contributed by atoms with van der Waals surface area (Å²) in [7, 11) is 0. The number of rotatable bonds is 6. The molecular formula is C25H38N4O2. The Balaban J connectivity index is 1.31. The molecule has 4 rings (SSSR count). The smallest absolute Gasteiger partial charge is 0.246 e. The van der Waals surface area contributed by atoms with Crippen LogP contribution in [0, 0.1) is 13.8 Å². The van der Waals surface area contributed by atoms with E-state index in [0.29, 0.717) is 25.2 Å². The molecule has 6 heteroatoms. The molecule has 6 nitrogen and oxygen atoms in total. The zero-order valence-corrected chi connectivity index (χ0v) is 19.4. The molecule has 0 spiro atoms. The van der Waals surface area contributed by atoms with Crippen molar-refractivity contribution in [2.75, 3.05) is 26.2 Å². The Bertz CT molecular complexity index is 825. The lowest BCUT2D eigenvalue weighted by atomic mass is 9.95. The topological polar surface area (TPSA) is 57.6 Å². The van der Waals surface area contributed by atoms with Crippen LogP contribution in [-0.4, -0.2) is 64.4 Å². The van der Waals surface area contributed by atoms with E-state index in [0.717, 1.165) is 31.5 Å². The number of hydrogen-bond donors (Lipinski definition) is 1. The highest BCUT2D eigenvalue weighted by Crippen LogP contribution is 2.32. The number of amides is 2. The molecule has 0 radical (unpaired) electrons. The first-order valence-electron chi connectivity index (χ1n) is 12.1. The third-order valence-electron chi connectivity index (χ3n) is 7.35. The van der Waals surface area contributed by atoms with Gasteiger partial charge in [0.15, 0.2) is 0 Å². The number of carbonyl (C=O) groups is 2. The average molecular weight is 427 g/mol. The number of aryl methyl sites for hydroxylation is 1. The third kappa shape index (κ3) is 5.22. The van der Waals surface area contributed by atoms with Crippen LogP contribution in [0.3, 0.4) is 0 Å². The predicted molar refractivity (Wildman–Crippen MR) is 124 cm³/mol. The summed E-state index contributed by atoms with van der Waals surface area (Å²) in [5, 5.41) is 3.08. The Hall–Kier alpha value is -2.08. The van der Waals surface area contributed by atoms with Crippen molar-refractivity contribution in [1.29, 1.82) is 0 Å². The molecule has 1 saturated heterocycles. The average Bonchev–Trinajstić information content (AvgIpc) is 3.55. The van der Waals surface area contributed by atoms with Crippen molar-refractivity contribution < 1.29 is 9.59 Å². The van der Waals surface area contributed by atoms with Gasteiger partial charge in [-0.15, -0.1) is 0 Å². The number of carbonyl (C=O) groups excluding carboxylic acids is 2. The predicted octanol–water partition coefficient (Wildman–Crippen LogP) is 3.43. The molecule has 0 bridgehead atoms. The first-order chi connectivity index (χ1) is 14.9. The number of nitrogens with one attached hydrogen (secondary N) is 1. The molecule has 2 saturated carbocycles. The Labute approximate surface area is 186 Å². The van der Waals surface area contributed by atoms with Crippen LogP contribution in [0.4, 0.5) is 0 Å². The van der Waals surface area contributed by atoms with E-state index < -0.39 is 0 Å². The lowest BCUT2D eigenvalue weighted by Gasteiger charge is -2.37. The van der Waals surface area contributed by atoms with Crippen molar-refractivity contribution in [3.63, 3.8) is 0 Å². The van der Waals surface area contributed by atoms with Gasteiger partial charge in [0.25, 0.3) is 0 Å². The van der Waals surface area contributed by atoms with Gasteiger partial charge in [0.2, 0.25) is 11.8 Å². The fraction of sp³-hybridized carbons (Fsp3) is 0.680. The maximum absolute atomic E-state index is 12.8. The second-order valence-electron chi connectivity index (χ2n) is 9.64. The van der Waals surface area contributed by atoms with E-state index in [1.807, 2.05) is 17.9 Å². The molecule has 1 unspecified atom stereocenters. The van der Waals surface area contributed by atoms with E-state index >= 15 is 0 Å². The molecule has 1 aliphatic heterocycles. The molecule has 2 aliphatic carbocycles. The highest BCUT2D eigenvalue weighted by molar-refractivity contribution is 5.92. The summed E-state index contributed by atoms with van der Waals surface area (Å²) in [5.74, 6) is 0.188. The van der Waals surface area contributed by atoms with Gasteiger partial charge in [-0.2, -0.15) is 0 Å². The Morgan fingerprint density at radius 2 is 1.71 bits per heavy atom. The minimum Gasteiger partial charge on any atom is -0.352 e. The van der Waals surface area contributed by atoms with Crippen molar-refractivity contribution in [3.05, 3.63) is 29.1 Å². The molecule has 31 heavy (non-hydrogen) atoms. The molecule has 1 aromatic heterocycles. The monoisotopic (exact) mass is 426 g/mol. The van der Waals surface area contributed by atoms with Crippen molar-refractivity contribution in [3.8, 4) is 0 Å². The molecule has 170 valence electrons. The fourth-order valence-corrected chi connectivity index (χ4v) is 5.18. The highest BCUT2D eigenvalue weighted by atomic mass is 16.2. The van der Waals surface area contributed by atoms with Crippen LogP contribution < -0.4 is 5.32 Å². The summed E-state index contributed by atoms with van der Waals surface area (Å²) in [6, 6.07) is 3.09. The highest BCUT2D eigenvalue weighted by Gasteiger charge is 2.30. The minimum absolute atomic E-state index is 0.0669. The Morgan fingerprint density at radius 1 is 1.03 bits per heavy atom. The first kappa shape index (κ1) is 22.1. The molecular weight excluding hydrogens is 388 g/mol. The van der Waals surface area contributed by atoms with Gasteiger partial charge in [0.1, 0.15) is 0 Å². The van der Waals surface area contributed by atoms with Crippen molar-refractivity contribution in [2.24, 2.45) is 0 Å². The summed E-state index contributed by atoms with van der Waals surface area (Å²) < 4.78 is 2.48. The van der Waals surface area contributed by atoms with Crippen LogP contribution in [0.5, 0.6) is 0 Å². The van der Waals surface area contributed by atoms with Crippen molar-refractivity contribution >= 4 is 17.9 Å². The summed E-state index contributed by atoms with van der Waals surface area (Å²) >= 11 is 0. The standard InChI is InChI=1S/C25H38N4O2/c1-18-17-21(19(2)29(18)23-7-5-4-6-8-23)9-12-24(30)28-15-13-27(14-16-28)20(3)25(31)26-22-10-11-22/h9,12,17,20,22-23H,4-8,10-11,13-16H2,1-3H3,(H,26,31)/b12-9+. The second kappa shape index (κ2) is 9.60. The quantitative estimate of drug-likeness (QED) is 0.709. The van der Waals surface area contributed by atoms with E-state index in [4.69, 9.17) is 0 Å². The van der Waals surface area contributed by atoms with Crippen molar-refractivity contribution in [2.45, 2.75) is 83.8 Å². The van der Waals surface area contributed by atoms with Crippen molar-refractivity contribution in [1.82, 2.24) is 19.7 Å². The molecule has 2 heterocycles. The van der Waals surface area contributed by atoms with Gasteiger partial charge >= 0.3 is 0 Å². The van der Waals surface area contributed by atoms with E-state index in [1.165, 1.54) is 43.5 Å². The van der Waals surface area contributed by atoms with Crippen LogP contribution in [0.2, 0.25) is 0 Å². The zero-order chi connectivity index (χ0) is 22.0. The first-order valence-corrected chi connectivity index (χ1v) is 12.1. The van der Waals surface area contributed by atoms with Gasteiger partial charge in [0.05, 0.1) is 6.04 Å². The number of nitrogens with zero attached hydrogens (tertiary/aromatic N) is 3. The molecule has 1 atom stereocenters. The van der Waals surface area contributed by atoms with Crippen LogP contribution in [0.1, 0.15) is 74.9 Å². The van der Waals surface area contributed by atoms with Gasteiger partial charge < -0.3 is 14.8 Å². The molecule has 2 amide bonds. The number of hydrogen-bond acceptors (Lipinski definition) is 3. The van der Waals surface area contributed by atoms with E-state index in [9.17, 15) is 9.59 Å². The van der Waals surface area contributed by atoms with Crippen LogP contribution in [0.25, 0.3) is 6.08 Å². The maximum Gasteiger partial charge on any atom is 0.246 e. The van der Waals surface area contributed by atoms with Crippen LogP contribution in [-0.2, 0) is 9.59 Å². The summed E-state index contributed by atoms with van der Waals surface area (Å²) in [5.41, 5.74) is 3.72. The van der Waals surface area contributed by atoms with E-state index in [-0.39, 0.29) is 17.9 Å². The largest absolute Gasteiger partial charge is 0.352 e. The molecule has 1 N–H and O–H groups in total. The van der Waals surface area contributed by atoms with E-state index in [1.54, 1.807) is 6.08 Å². The van der Waals surface area contributed by atoms with Gasteiger partial charge in [-0.05, 0) is 64.2 Å². The number of piperazine rings is 1. The Morgan fingerprint density at radius 3 is 2.35 bits per heavy atom. The van der Waals surface area contributed by atoms with Gasteiger partial charge in [-0.1, -0.05) is 19.3 Å². The summed E-state index contributed by atoms with van der Waals surface area (Å²) in [6.45, 7) is 9.16. The van der Waals surface area contributed by atoms with Crippen LogP contribution >= 0.6 is 0 Å². The zero-order valence-electron chi connectivity index (χ0n) is 19.4. The summed E-state index contributed by atoms with van der Waals surface area (Å²) in [4.78, 5) is 29.2. The number of aromatic nitrogens is 1. The molecule has 0 aromatic carbocycles. The molecule has 3 aliphatic rings. The molecule has 1 aromatic rings. The molecule has 3 fully saturated rings. The lowest BCUT2D eigenvalue weighted by molar-refractivity contribution is -0.130. The SMILES string of the molecule is Cc1cc(/C=C/C(=O)N2CCN(C(C)C(=O)NC3CC3)CC2)c(C)n1C1CCCCC1. The second-order valence-corrected chi connectivity index (χ2v) is 9.64. The van der Waals surface area contributed by atoms with Crippen LogP contribution in [0.15, 0.2) is 12.1 Å². The Kier molecular flexibility index (Phi) is 6.85. The van der Waals surface area contributed by atoms with E-state index in [2.05, 4.69) is 34.7 Å².